The summed E-state index contributed by atoms with van der Waals surface area (Å²) in [5, 5.41) is 2.09. The standard InChI is InChI=1S/C15H19NOS/c1-12(16)15(13-6-3-2-4-7-13)17-10-9-14-8-5-11-18-14/h2-8,11-12,15H,9-10,16H2,1H3. The fourth-order valence-electron chi connectivity index (χ4n) is 1.94. The van der Waals surface area contributed by atoms with Crippen LogP contribution in [0.4, 0.5) is 0 Å². The van der Waals surface area contributed by atoms with Gasteiger partial charge in [-0.3, -0.25) is 0 Å². The lowest BCUT2D eigenvalue weighted by Crippen LogP contribution is -2.27. The van der Waals surface area contributed by atoms with Crippen molar-refractivity contribution in [3.05, 3.63) is 58.3 Å². The summed E-state index contributed by atoms with van der Waals surface area (Å²) >= 11 is 1.77. The number of nitrogens with two attached hydrogens (primary N) is 1. The summed E-state index contributed by atoms with van der Waals surface area (Å²) in [5.41, 5.74) is 7.16. The molecule has 0 aliphatic heterocycles. The topological polar surface area (TPSA) is 35.2 Å². The number of hydrogen-bond donors (Lipinski definition) is 1. The molecule has 2 N–H and O–H groups in total. The van der Waals surface area contributed by atoms with E-state index in [1.807, 2.05) is 25.1 Å². The molecular weight excluding hydrogens is 242 g/mol. The van der Waals surface area contributed by atoms with E-state index in [-0.39, 0.29) is 12.1 Å². The first-order chi connectivity index (χ1) is 8.77. The highest BCUT2D eigenvalue weighted by Gasteiger charge is 2.16. The van der Waals surface area contributed by atoms with E-state index in [9.17, 15) is 0 Å². The summed E-state index contributed by atoms with van der Waals surface area (Å²) in [6.45, 7) is 2.70. The summed E-state index contributed by atoms with van der Waals surface area (Å²) in [6.07, 6.45) is 0.930. The predicted octanol–water partition coefficient (Wildman–Crippen LogP) is 3.40. The largest absolute Gasteiger partial charge is 0.372 e. The number of thiophene rings is 1. The van der Waals surface area contributed by atoms with E-state index in [2.05, 4.69) is 29.6 Å². The number of rotatable bonds is 6. The van der Waals surface area contributed by atoms with Crippen molar-refractivity contribution in [2.45, 2.75) is 25.5 Å². The zero-order valence-electron chi connectivity index (χ0n) is 10.6. The Morgan fingerprint density at radius 2 is 1.94 bits per heavy atom. The highest BCUT2D eigenvalue weighted by molar-refractivity contribution is 7.09. The molecule has 0 fully saturated rings. The predicted molar refractivity (Wildman–Crippen MR) is 76.8 cm³/mol. The van der Waals surface area contributed by atoms with Crippen LogP contribution in [0.15, 0.2) is 47.8 Å². The molecule has 0 aliphatic rings. The Morgan fingerprint density at radius 1 is 1.17 bits per heavy atom. The molecule has 1 aromatic heterocycles. The van der Waals surface area contributed by atoms with Gasteiger partial charge in [-0.15, -0.1) is 11.3 Å². The van der Waals surface area contributed by atoms with Crippen molar-refractivity contribution in [1.82, 2.24) is 0 Å². The molecule has 2 nitrogen and oxygen atoms in total. The highest BCUT2D eigenvalue weighted by atomic mass is 32.1. The third-order valence-corrected chi connectivity index (χ3v) is 3.77. The Labute approximate surface area is 112 Å². The third kappa shape index (κ3) is 3.67. The summed E-state index contributed by atoms with van der Waals surface area (Å²) in [4.78, 5) is 1.35. The van der Waals surface area contributed by atoms with Crippen LogP contribution in [0.2, 0.25) is 0 Å². The van der Waals surface area contributed by atoms with Gasteiger partial charge < -0.3 is 10.5 Å². The maximum absolute atomic E-state index is 6.01. The fraction of sp³-hybridized carbons (Fsp3) is 0.333. The van der Waals surface area contributed by atoms with Gasteiger partial charge in [0, 0.05) is 17.3 Å². The van der Waals surface area contributed by atoms with Gasteiger partial charge in [0.1, 0.15) is 0 Å². The van der Waals surface area contributed by atoms with E-state index in [1.165, 1.54) is 4.88 Å². The summed E-state index contributed by atoms with van der Waals surface area (Å²) < 4.78 is 5.94. The van der Waals surface area contributed by atoms with Gasteiger partial charge in [0.2, 0.25) is 0 Å². The fourth-order valence-corrected chi connectivity index (χ4v) is 2.63. The third-order valence-electron chi connectivity index (χ3n) is 2.83. The molecule has 1 heterocycles. The molecule has 3 heteroatoms. The molecule has 0 bridgehead atoms. The zero-order chi connectivity index (χ0) is 12.8. The summed E-state index contributed by atoms with van der Waals surface area (Å²) in [6, 6.07) is 14.4. The van der Waals surface area contributed by atoms with Crippen molar-refractivity contribution >= 4 is 11.3 Å². The van der Waals surface area contributed by atoms with Crippen LogP contribution in [0.25, 0.3) is 0 Å². The van der Waals surface area contributed by atoms with Crippen molar-refractivity contribution in [3.8, 4) is 0 Å². The second kappa shape index (κ2) is 6.69. The molecule has 0 saturated heterocycles. The lowest BCUT2D eigenvalue weighted by atomic mass is 10.0. The molecule has 0 radical (unpaired) electrons. The van der Waals surface area contributed by atoms with Crippen LogP contribution in [-0.4, -0.2) is 12.6 Å². The SMILES string of the molecule is CC(N)C(OCCc1cccs1)c1ccccc1. The van der Waals surface area contributed by atoms with Crippen LogP contribution in [0, 0.1) is 0 Å². The molecule has 1 aromatic carbocycles. The Morgan fingerprint density at radius 3 is 2.56 bits per heavy atom. The Balaban J connectivity index is 1.91. The molecule has 2 rings (SSSR count). The zero-order valence-corrected chi connectivity index (χ0v) is 11.4. The van der Waals surface area contributed by atoms with E-state index in [0.717, 1.165) is 12.0 Å². The lowest BCUT2D eigenvalue weighted by Gasteiger charge is -2.21. The van der Waals surface area contributed by atoms with E-state index in [4.69, 9.17) is 10.5 Å². The summed E-state index contributed by atoms with van der Waals surface area (Å²) in [5.74, 6) is 0. The Kier molecular flexibility index (Phi) is 4.93. The molecule has 2 atom stereocenters. The van der Waals surface area contributed by atoms with Crippen LogP contribution in [0.1, 0.15) is 23.5 Å². The monoisotopic (exact) mass is 261 g/mol. The van der Waals surface area contributed by atoms with Gasteiger partial charge in [-0.05, 0) is 23.9 Å². The van der Waals surface area contributed by atoms with Crippen LogP contribution in [-0.2, 0) is 11.2 Å². The molecule has 0 aliphatic carbocycles. The van der Waals surface area contributed by atoms with Crippen molar-refractivity contribution in [1.29, 1.82) is 0 Å². The molecule has 18 heavy (non-hydrogen) atoms. The van der Waals surface area contributed by atoms with Crippen molar-refractivity contribution in [2.24, 2.45) is 5.73 Å². The number of hydrogen-bond acceptors (Lipinski definition) is 3. The lowest BCUT2D eigenvalue weighted by molar-refractivity contribution is 0.0406. The first kappa shape index (κ1) is 13.3. The van der Waals surface area contributed by atoms with Crippen molar-refractivity contribution < 1.29 is 4.74 Å². The first-order valence-electron chi connectivity index (χ1n) is 6.22. The van der Waals surface area contributed by atoms with E-state index in [1.54, 1.807) is 11.3 Å². The van der Waals surface area contributed by atoms with E-state index in [0.29, 0.717) is 6.61 Å². The van der Waals surface area contributed by atoms with Gasteiger partial charge in [-0.25, -0.2) is 0 Å². The van der Waals surface area contributed by atoms with Gasteiger partial charge in [0.05, 0.1) is 12.7 Å². The van der Waals surface area contributed by atoms with Gasteiger partial charge in [0.25, 0.3) is 0 Å². The minimum atomic E-state index is -0.0221. The minimum absolute atomic E-state index is 0.00395. The van der Waals surface area contributed by atoms with E-state index < -0.39 is 0 Å². The van der Waals surface area contributed by atoms with Crippen LogP contribution < -0.4 is 5.73 Å². The number of ether oxygens (including phenoxy) is 1. The minimum Gasteiger partial charge on any atom is -0.372 e. The quantitative estimate of drug-likeness (QED) is 0.865. The van der Waals surface area contributed by atoms with Crippen molar-refractivity contribution in [2.75, 3.05) is 6.61 Å². The Bertz CT molecular complexity index is 439. The normalized spacial score (nSPS) is 14.3. The molecule has 0 spiro atoms. The average molecular weight is 261 g/mol. The first-order valence-corrected chi connectivity index (χ1v) is 7.10. The van der Waals surface area contributed by atoms with Gasteiger partial charge in [0.15, 0.2) is 0 Å². The van der Waals surface area contributed by atoms with Crippen LogP contribution in [0.3, 0.4) is 0 Å². The Hall–Kier alpha value is -1.16. The second-order valence-electron chi connectivity index (χ2n) is 4.39. The molecule has 96 valence electrons. The second-order valence-corrected chi connectivity index (χ2v) is 5.42. The molecule has 2 aromatic rings. The van der Waals surface area contributed by atoms with E-state index >= 15 is 0 Å². The van der Waals surface area contributed by atoms with Gasteiger partial charge >= 0.3 is 0 Å². The van der Waals surface area contributed by atoms with Gasteiger partial charge in [-0.1, -0.05) is 36.4 Å². The smallest absolute Gasteiger partial charge is 0.0973 e. The van der Waals surface area contributed by atoms with Gasteiger partial charge in [-0.2, -0.15) is 0 Å². The molecule has 2 unspecified atom stereocenters. The highest BCUT2D eigenvalue weighted by Crippen LogP contribution is 2.20. The van der Waals surface area contributed by atoms with Crippen LogP contribution in [0.5, 0.6) is 0 Å². The average Bonchev–Trinajstić information content (AvgIpc) is 2.88. The molecule has 0 amide bonds. The van der Waals surface area contributed by atoms with Crippen LogP contribution >= 0.6 is 11.3 Å². The maximum atomic E-state index is 6.01. The number of benzene rings is 1. The molecule has 0 saturated carbocycles. The van der Waals surface area contributed by atoms with Crippen molar-refractivity contribution in [3.63, 3.8) is 0 Å². The summed E-state index contributed by atoms with van der Waals surface area (Å²) in [7, 11) is 0. The maximum Gasteiger partial charge on any atom is 0.0973 e. The molecular formula is C15H19NOS.